The quantitative estimate of drug-likeness (QED) is 0.735. The highest BCUT2D eigenvalue weighted by molar-refractivity contribution is 5.93. The van der Waals surface area contributed by atoms with Gasteiger partial charge in [-0.05, 0) is 32.0 Å². The fourth-order valence-electron chi connectivity index (χ4n) is 2.71. The molecule has 2 N–H and O–H groups in total. The van der Waals surface area contributed by atoms with Gasteiger partial charge in [-0.25, -0.2) is 4.79 Å². The number of esters is 1. The molecule has 0 aromatic heterocycles. The smallest absolute Gasteiger partial charge is 0.335 e. The van der Waals surface area contributed by atoms with Gasteiger partial charge >= 0.3 is 5.97 Å². The van der Waals surface area contributed by atoms with Crippen LogP contribution in [0.1, 0.15) is 18.9 Å². The Morgan fingerprint density at radius 3 is 3.06 bits per heavy atom. The summed E-state index contributed by atoms with van der Waals surface area (Å²) in [6.45, 7) is 3.35. The topological polar surface area (TPSA) is 58.6 Å². The van der Waals surface area contributed by atoms with Gasteiger partial charge < -0.3 is 15.2 Å². The van der Waals surface area contributed by atoms with Crippen LogP contribution in [0.5, 0.6) is 5.75 Å². The normalized spacial score (nSPS) is 27.1. The maximum absolute atomic E-state index is 11.9. The van der Waals surface area contributed by atoms with Crippen LogP contribution in [0, 0.1) is 0 Å². The molecule has 0 bridgehead atoms. The fourth-order valence-corrected chi connectivity index (χ4v) is 2.71. The van der Waals surface area contributed by atoms with Gasteiger partial charge in [0.05, 0.1) is 0 Å². The van der Waals surface area contributed by atoms with Gasteiger partial charge in [-0.3, -0.25) is 0 Å². The minimum atomic E-state index is -0.751. The van der Waals surface area contributed by atoms with E-state index in [2.05, 4.69) is 5.32 Å². The van der Waals surface area contributed by atoms with Crippen LogP contribution in [0.4, 0.5) is 0 Å². The molecular weight excluding hydrogens is 230 g/mol. The third kappa shape index (κ3) is 1.53. The molecule has 2 heterocycles. The van der Waals surface area contributed by atoms with Crippen LogP contribution in [0.15, 0.2) is 35.4 Å². The lowest BCUT2D eigenvalue weighted by molar-refractivity contribution is -0.146. The van der Waals surface area contributed by atoms with Crippen LogP contribution >= 0.6 is 0 Å². The molecule has 3 rings (SSSR count). The van der Waals surface area contributed by atoms with Crippen molar-refractivity contribution in [1.29, 1.82) is 0 Å². The maximum atomic E-state index is 11.9. The van der Waals surface area contributed by atoms with Crippen molar-refractivity contribution in [3.05, 3.63) is 41.0 Å². The Morgan fingerprint density at radius 1 is 1.44 bits per heavy atom. The number of carbonyl (C=O) groups is 1. The van der Waals surface area contributed by atoms with Crippen molar-refractivity contribution in [3.63, 3.8) is 0 Å². The standard InChI is InChI=1S/C14H15NO3/c1-14(9-3-2-4-10(16)7-9)12-8-15-6-5-11(12)13(17)18-14/h2-4,7,15-16H,5-6,8H2,1H3. The van der Waals surface area contributed by atoms with E-state index >= 15 is 0 Å². The Balaban J connectivity index is 2.10. The molecule has 1 aromatic carbocycles. The number of rotatable bonds is 1. The van der Waals surface area contributed by atoms with E-state index < -0.39 is 5.60 Å². The number of phenols is 1. The highest BCUT2D eigenvalue weighted by atomic mass is 16.6. The largest absolute Gasteiger partial charge is 0.508 e. The van der Waals surface area contributed by atoms with Crippen LogP contribution in [-0.4, -0.2) is 24.2 Å². The Labute approximate surface area is 105 Å². The lowest BCUT2D eigenvalue weighted by Gasteiger charge is -2.28. The Hall–Kier alpha value is -1.81. The molecule has 0 fully saturated rings. The molecular formula is C14H15NO3. The van der Waals surface area contributed by atoms with Gasteiger partial charge in [0.1, 0.15) is 5.75 Å². The summed E-state index contributed by atoms with van der Waals surface area (Å²) in [6, 6.07) is 6.89. The van der Waals surface area contributed by atoms with Gasteiger partial charge in [-0.2, -0.15) is 0 Å². The van der Waals surface area contributed by atoms with Crippen LogP contribution in [-0.2, 0) is 15.1 Å². The molecule has 18 heavy (non-hydrogen) atoms. The van der Waals surface area contributed by atoms with E-state index in [4.69, 9.17) is 4.74 Å². The number of phenolic OH excluding ortho intramolecular Hbond substituents is 1. The summed E-state index contributed by atoms with van der Waals surface area (Å²) in [5, 5.41) is 12.8. The van der Waals surface area contributed by atoms with Gasteiger partial charge in [0, 0.05) is 23.3 Å². The molecule has 0 saturated heterocycles. The van der Waals surface area contributed by atoms with E-state index in [0.717, 1.165) is 23.3 Å². The van der Waals surface area contributed by atoms with Gasteiger partial charge in [-0.1, -0.05) is 12.1 Å². The molecule has 4 heteroatoms. The zero-order chi connectivity index (χ0) is 12.8. The SMILES string of the molecule is CC1(c2cccc(O)c2)OC(=O)C2=C1CNCC2. The van der Waals surface area contributed by atoms with Crippen molar-refractivity contribution in [2.45, 2.75) is 18.9 Å². The number of hydrogen-bond donors (Lipinski definition) is 2. The summed E-state index contributed by atoms with van der Waals surface area (Å²) >= 11 is 0. The molecule has 1 atom stereocenters. The first-order valence-electron chi connectivity index (χ1n) is 6.07. The zero-order valence-electron chi connectivity index (χ0n) is 10.2. The zero-order valence-corrected chi connectivity index (χ0v) is 10.2. The summed E-state index contributed by atoms with van der Waals surface area (Å²) in [7, 11) is 0. The second kappa shape index (κ2) is 3.85. The van der Waals surface area contributed by atoms with Crippen molar-refractivity contribution in [1.82, 2.24) is 5.32 Å². The van der Waals surface area contributed by atoms with Crippen LogP contribution in [0.25, 0.3) is 0 Å². The predicted octanol–water partition coefficient (Wildman–Crippen LogP) is 1.45. The summed E-state index contributed by atoms with van der Waals surface area (Å²) in [4.78, 5) is 11.9. The second-order valence-electron chi connectivity index (χ2n) is 4.86. The van der Waals surface area contributed by atoms with Crippen LogP contribution in [0.2, 0.25) is 0 Å². The van der Waals surface area contributed by atoms with Crippen molar-refractivity contribution < 1.29 is 14.6 Å². The van der Waals surface area contributed by atoms with Crippen molar-refractivity contribution in [3.8, 4) is 5.75 Å². The van der Waals surface area contributed by atoms with E-state index in [9.17, 15) is 9.90 Å². The monoisotopic (exact) mass is 245 g/mol. The summed E-state index contributed by atoms with van der Waals surface area (Å²) in [5.41, 5.74) is 1.84. The highest BCUT2D eigenvalue weighted by Gasteiger charge is 2.45. The van der Waals surface area contributed by atoms with Crippen LogP contribution < -0.4 is 5.32 Å². The predicted molar refractivity (Wildman–Crippen MR) is 66.1 cm³/mol. The van der Waals surface area contributed by atoms with Gasteiger partial charge in [0.15, 0.2) is 5.60 Å². The molecule has 94 valence electrons. The number of aromatic hydroxyl groups is 1. The number of cyclic esters (lactones) is 1. The molecule has 2 aliphatic heterocycles. The van der Waals surface area contributed by atoms with E-state index in [1.165, 1.54) is 0 Å². The fraction of sp³-hybridized carbons (Fsp3) is 0.357. The third-order valence-electron chi connectivity index (χ3n) is 3.73. The summed E-state index contributed by atoms with van der Waals surface area (Å²) in [6.07, 6.45) is 0.711. The van der Waals surface area contributed by atoms with Crippen molar-refractivity contribution in [2.75, 3.05) is 13.1 Å². The molecule has 0 amide bonds. The summed E-state index contributed by atoms with van der Waals surface area (Å²) < 4.78 is 5.57. The molecule has 0 spiro atoms. The highest BCUT2D eigenvalue weighted by Crippen LogP contribution is 2.43. The molecule has 0 aliphatic carbocycles. The van der Waals surface area contributed by atoms with Gasteiger partial charge in [-0.15, -0.1) is 0 Å². The number of nitrogens with one attached hydrogen (secondary N) is 1. The lowest BCUT2D eigenvalue weighted by atomic mass is 9.85. The maximum Gasteiger partial charge on any atom is 0.335 e. The van der Waals surface area contributed by atoms with Gasteiger partial charge in [0.25, 0.3) is 0 Å². The number of benzene rings is 1. The van der Waals surface area contributed by atoms with E-state index in [1.807, 2.05) is 13.0 Å². The van der Waals surface area contributed by atoms with E-state index in [-0.39, 0.29) is 11.7 Å². The Kier molecular flexibility index (Phi) is 2.41. The molecule has 0 radical (unpaired) electrons. The number of carbonyl (C=O) groups excluding carboxylic acids is 1. The minimum Gasteiger partial charge on any atom is -0.508 e. The van der Waals surface area contributed by atoms with Crippen molar-refractivity contribution >= 4 is 5.97 Å². The number of hydrogen-bond acceptors (Lipinski definition) is 4. The second-order valence-corrected chi connectivity index (χ2v) is 4.86. The first-order chi connectivity index (χ1) is 8.61. The molecule has 2 aliphatic rings. The number of ether oxygens (including phenoxy) is 1. The molecule has 0 saturated carbocycles. The Morgan fingerprint density at radius 2 is 2.28 bits per heavy atom. The molecule has 4 nitrogen and oxygen atoms in total. The van der Waals surface area contributed by atoms with Gasteiger partial charge in [0.2, 0.25) is 0 Å². The van der Waals surface area contributed by atoms with E-state index in [1.54, 1.807) is 18.2 Å². The average Bonchev–Trinajstić information content (AvgIpc) is 2.64. The first kappa shape index (κ1) is 11.3. The minimum absolute atomic E-state index is 0.183. The lowest BCUT2D eigenvalue weighted by Crippen LogP contribution is -2.33. The summed E-state index contributed by atoms with van der Waals surface area (Å²) in [5.74, 6) is -0.0417. The molecule has 1 aromatic rings. The molecule has 1 unspecified atom stereocenters. The van der Waals surface area contributed by atoms with E-state index in [0.29, 0.717) is 13.0 Å². The van der Waals surface area contributed by atoms with Crippen LogP contribution in [0.3, 0.4) is 0 Å². The van der Waals surface area contributed by atoms with Crippen molar-refractivity contribution in [2.24, 2.45) is 0 Å². The first-order valence-corrected chi connectivity index (χ1v) is 6.07. The average molecular weight is 245 g/mol. The third-order valence-corrected chi connectivity index (χ3v) is 3.73. The Bertz CT molecular complexity index is 550.